The number of hydrogen-bond donors (Lipinski definition) is 3. The number of sulfonamides is 1. The summed E-state index contributed by atoms with van der Waals surface area (Å²) in [7, 11) is -3.66. The molecule has 18 heavy (non-hydrogen) atoms. The zero-order valence-corrected chi connectivity index (χ0v) is 11.7. The molecule has 1 aromatic rings. The van der Waals surface area contributed by atoms with Gasteiger partial charge in [0.05, 0.1) is 11.5 Å². The summed E-state index contributed by atoms with van der Waals surface area (Å²) in [6.07, 6.45) is 0.524. The molecule has 0 amide bonds. The largest absolute Gasteiger partial charge is 0.398 e. The molecule has 6 heteroatoms. The standard InChI is InChI=1S/C12H20N2O3S/c1-4-10(7-15)14-18(16,17)12-8(2)5-6-11(13)9(12)3/h5-6,10,14-15H,4,7,13H2,1-3H3/t10-/m0/s1. The fourth-order valence-corrected chi connectivity index (χ4v) is 3.59. The van der Waals surface area contributed by atoms with Gasteiger partial charge in [-0.1, -0.05) is 13.0 Å². The summed E-state index contributed by atoms with van der Waals surface area (Å²) in [5.74, 6) is 0. The van der Waals surface area contributed by atoms with Crippen LogP contribution in [0.15, 0.2) is 17.0 Å². The minimum Gasteiger partial charge on any atom is -0.398 e. The van der Waals surface area contributed by atoms with Crippen molar-refractivity contribution in [3.05, 3.63) is 23.3 Å². The molecule has 0 bridgehead atoms. The Labute approximate surface area is 108 Å². The molecule has 5 nitrogen and oxygen atoms in total. The maximum atomic E-state index is 12.3. The molecule has 0 fully saturated rings. The van der Waals surface area contributed by atoms with E-state index in [2.05, 4.69) is 4.72 Å². The van der Waals surface area contributed by atoms with Gasteiger partial charge < -0.3 is 10.8 Å². The second-order valence-corrected chi connectivity index (χ2v) is 5.99. The summed E-state index contributed by atoms with van der Waals surface area (Å²) in [5, 5.41) is 9.08. The second kappa shape index (κ2) is 5.69. The first-order valence-electron chi connectivity index (χ1n) is 5.82. The summed E-state index contributed by atoms with van der Waals surface area (Å²) in [5.41, 5.74) is 7.36. The summed E-state index contributed by atoms with van der Waals surface area (Å²) in [6.45, 7) is 4.98. The highest BCUT2D eigenvalue weighted by Gasteiger charge is 2.23. The molecule has 0 saturated heterocycles. The predicted molar refractivity (Wildman–Crippen MR) is 71.8 cm³/mol. The van der Waals surface area contributed by atoms with Crippen LogP contribution in [0.1, 0.15) is 24.5 Å². The highest BCUT2D eigenvalue weighted by Crippen LogP contribution is 2.24. The van der Waals surface area contributed by atoms with Crippen LogP contribution in [0.5, 0.6) is 0 Å². The Morgan fingerprint density at radius 2 is 2.00 bits per heavy atom. The predicted octanol–water partition coefficient (Wildman–Crippen LogP) is 0.935. The SMILES string of the molecule is CC[C@@H](CO)NS(=O)(=O)c1c(C)ccc(N)c1C. The highest BCUT2D eigenvalue weighted by atomic mass is 32.2. The molecular formula is C12H20N2O3S. The highest BCUT2D eigenvalue weighted by molar-refractivity contribution is 7.89. The monoisotopic (exact) mass is 272 g/mol. The minimum absolute atomic E-state index is 0.203. The number of aliphatic hydroxyl groups excluding tert-OH is 1. The molecule has 1 atom stereocenters. The lowest BCUT2D eigenvalue weighted by atomic mass is 10.1. The number of benzene rings is 1. The zero-order chi connectivity index (χ0) is 13.9. The molecule has 4 N–H and O–H groups in total. The van der Waals surface area contributed by atoms with Gasteiger partial charge in [-0.05, 0) is 37.5 Å². The van der Waals surface area contributed by atoms with E-state index in [-0.39, 0.29) is 11.5 Å². The van der Waals surface area contributed by atoms with Crippen molar-refractivity contribution in [2.24, 2.45) is 0 Å². The normalized spacial score (nSPS) is 13.6. The van der Waals surface area contributed by atoms with E-state index in [0.29, 0.717) is 23.2 Å². The maximum absolute atomic E-state index is 12.3. The molecule has 0 aliphatic rings. The minimum atomic E-state index is -3.66. The Morgan fingerprint density at radius 3 is 2.50 bits per heavy atom. The molecule has 1 rings (SSSR count). The third kappa shape index (κ3) is 3.01. The van der Waals surface area contributed by atoms with E-state index in [4.69, 9.17) is 10.8 Å². The molecule has 102 valence electrons. The first-order chi connectivity index (χ1) is 8.33. The van der Waals surface area contributed by atoms with Gasteiger partial charge in [0, 0.05) is 11.7 Å². The Balaban J connectivity index is 3.25. The van der Waals surface area contributed by atoms with Crippen molar-refractivity contribution in [3.63, 3.8) is 0 Å². The molecule has 0 aromatic heterocycles. The molecular weight excluding hydrogens is 252 g/mol. The lowest BCUT2D eigenvalue weighted by Gasteiger charge is -2.18. The van der Waals surface area contributed by atoms with Gasteiger partial charge in [0.2, 0.25) is 10.0 Å². The second-order valence-electron chi connectivity index (χ2n) is 4.33. The van der Waals surface area contributed by atoms with Crippen LogP contribution in [0.25, 0.3) is 0 Å². The van der Waals surface area contributed by atoms with Crippen LogP contribution in [-0.4, -0.2) is 26.2 Å². The average molecular weight is 272 g/mol. The van der Waals surface area contributed by atoms with Crippen LogP contribution < -0.4 is 10.5 Å². The lowest BCUT2D eigenvalue weighted by molar-refractivity contribution is 0.254. The maximum Gasteiger partial charge on any atom is 0.241 e. The van der Waals surface area contributed by atoms with Gasteiger partial charge in [-0.25, -0.2) is 13.1 Å². The fraction of sp³-hybridized carbons (Fsp3) is 0.500. The molecule has 0 saturated carbocycles. The number of nitrogens with two attached hydrogens (primary N) is 1. The summed E-state index contributed by atoms with van der Waals surface area (Å²) in [4.78, 5) is 0.203. The quantitative estimate of drug-likeness (QED) is 0.695. The van der Waals surface area contributed by atoms with Crippen molar-refractivity contribution in [3.8, 4) is 0 Å². The van der Waals surface area contributed by atoms with Crippen LogP contribution >= 0.6 is 0 Å². The Kier molecular flexibility index (Phi) is 4.72. The first kappa shape index (κ1) is 14.9. The number of rotatable bonds is 5. The van der Waals surface area contributed by atoms with Crippen LogP contribution in [0, 0.1) is 13.8 Å². The molecule has 0 heterocycles. The van der Waals surface area contributed by atoms with Crippen molar-refractivity contribution in [2.75, 3.05) is 12.3 Å². The number of hydrogen-bond acceptors (Lipinski definition) is 4. The van der Waals surface area contributed by atoms with E-state index in [1.54, 1.807) is 26.0 Å². The number of aryl methyl sites for hydroxylation is 1. The average Bonchev–Trinajstić information content (AvgIpc) is 2.31. The smallest absolute Gasteiger partial charge is 0.241 e. The summed E-state index contributed by atoms with van der Waals surface area (Å²) in [6, 6.07) is 2.89. The Morgan fingerprint density at radius 1 is 1.39 bits per heavy atom. The van der Waals surface area contributed by atoms with Crippen LogP contribution in [-0.2, 0) is 10.0 Å². The number of aliphatic hydroxyl groups is 1. The fourth-order valence-electron chi connectivity index (χ4n) is 1.78. The van der Waals surface area contributed by atoms with Gasteiger partial charge in [0.1, 0.15) is 0 Å². The van der Waals surface area contributed by atoms with Gasteiger partial charge in [0.15, 0.2) is 0 Å². The van der Waals surface area contributed by atoms with E-state index in [0.717, 1.165) is 0 Å². The van der Waals surface area contributed by atoms with Crippen LogP contribution in [0.2, 0.25) is 0 Å². The van der Waals surface area contributed by atoms with E-state index in [1.807, 2.05) is 6.92 Å². The third-order valence-corrected chi connectivity index (χ3v) is 4.76. The summed E-state index contributed by atoms with van der Waals surface area (Å²) < 4.78 is 27.0. The number of anilines is 1. The van der Waals surface area contributed by atoms with E-state index < -0.39 is 16.1 Å². The number of nitrogens with one attached hydrogen (secondary N) is 1. The Hall–Kier alpha value is -1.11. The van der Waals surface area contributed by atoms with E-state index in [1.165, 1.54) is 0 Å². The molecule has 0 radical (unpaired) electrons. The van der Waals surface area contributed by atoms with E-state index >= 15 is 0 Å². The lowest BCUT2D eigenvalue weighted by Crippen LogP contribution is -2.37. The van der Waals surface area contributed by atoms with Gasteiger partial charge >= 0.3 is 0 Å². The van der Waals surface area contributed by atoms with Crippen LogP contribution in [0.3, 0.4) is 0 Å². The van der Waals surface area contributed by atoms with Crippen LogP contribution in [0.4, 0.5) is 5.69 Å². The van der Waals surface area contributed by atoms with Crippen molar-refractivity contribution < 1.29 is 13.5 Å². The molecule has 0 unspecified atom stereocenters. The molecule has 1 aromatic carbocycles. The topological polar surface area (TPSA) is 92.4 Å². The van der Waals surface area contributed by atoms with Crippen molar-refractivity contribution in [1.29, 1.82) is 0 Å². The first-order valence-corrected chi connectivity index (χ1v) is 7.30. The van der Waals surface area contributed by atoms with Gasteiger partial charge in [-0.15, -0.1) is 0 Å². The number of nitrogen functional groups attached to an aromatic ring is 1. The molecule has 0 aliphatic carbocycles. The van der Waals surface area contributed by atoms with Gasteiger partial charge in [0.25, 0.3) is 0 Å². The van der Waals surface area contributed by atoms with Gasteiger partial charge in [-0.3, -0.25) is 0 Å². The van der Waals surface area contributed by atoms with Crippen molar-refractivity contribution >= 4 is 15.7 Å². The molecule has 0 aliphatic heterocycles. The van der Waals surface area contributed by atoms with Gasteiger partial charge in [-0.2, -0.15) is 0 Å². The third-order valence-electron chi connectivity index (χ3n) is 2.95. The Bertz CT molecular complexity index is 522. The molecule has 0 spiro atoms. The van der Waals surface area contributed by atoms with Crippen molar-refractivity contribution in [1.82, 2.24) is 4.72 Å². The van der Waals surface area contributed by atoms with Crippen molar-refractivity contribution in [2.45, 2.75) is 38.1 Å². The summed E-state index contributed by atoms with van der Waals surface area (Å²) >= 11 is 0. The van der Waals surface area contributed by atoms with E-state index in [9.17, 15) is 8.42 Å². The zero-order valence-electron chi connectivity index (χ0n) is 10.9.